The van der Waals surface area contributed by atoms with E-state index in [1.54, 1.807) is 0 Å². The third-order valence-corrected chi connectivity index (χ3v) is 4.08. The predicted octanol–water partition coefficient (Wildman–Crippen LogP) is -3.74. The van der Waals surface area contributed by atoms with Crippen LogP contribution in [0.1, 0.15) is 39.5 Å². The number of aliphatic hydroxyl groups is 1. The molecule has 30 heavy (non-hydrogen) atoms. The minimum absolute atomic E-state index is 0.203. The summed E-state index contributed by atoms with van der Waals surface area (Å²) in [6, 6.07) is -5.11. The molecule has 0 saturated heterocycles. The van der Waals surface area contributed by atoms with Crippen molar-refractivity contribution in [2.45, 2.75) is 69.8 Å². The predicted molar refractivity (Wildman–Crippen MR) is 105 cm³/mol. The number of carbonyl (C=O) groups is 5. The number of carboxylic acids is 1. The van der Waals surface area contributed by atoms with Crippen molar-refractivity contribution in [3.05, 3.63) is 0 Å². The molecule has 5 unspecified atom stereocenters. The molecule has 0 saturated carbocycles. The number of nitrogens with one attached hydrogen (secondary N) is 3. The summed E-state index contributed by atoms with van der Waals surface area (Å²) in [7, 11) is 0. The van der Waals surface area contributed by atoms with Gasteiger partial charge in [0, 0.05) is 0 Å². The normalized spacial score (nSPS) is 15.8. The number of carbonyl (C=O) groups excluding carboxylic acids is 4. The molecule has 13 nitrogen and oxygen atoms in total. The quantitative estimate of drug-likeness (QED) is 0.126. The SMILES string of the molecule is CC(N)C(=O)NC(CCCCN)C(=O)NC(C(=O)NC(CC(N)=O)C(=O)O)C(C)O. The number of nitrogens with two attached hydrogens (primary N) is 3. The largest absolute Gasteiger partial charge is 0.480 e. The van der Waals surface area contributed by atoms with Crippen molar-refractivity contribution in [3.63, 3.8) is 0 Å². The second kappa shape index (κ2) is 13.5. The van der Waals surface area contributed by atoms with Gasteiger partial charge in [-0.2, -0.15) is 0 Å². The van der Waals surface area contributed by atoms with Crippen LogP contribution in [-0.4, -0.2) is 76.6 Å². The molecular formula is C17H32N6O7. The molecule has 0 radical (unpaired) electrons. The Morgan fingerprint density at radius 3 is 1.90 bits per heavy atom. The molecule has 0 fully saturated rings. The summed E-state index contributed by atoms with van der Waals surface area (Å²) in [5.74, 6) is -4.87. The van der Waals surface area contributed by atoms with Crippen LogP contribution in [0.15, 0.2) is 0 Å². The number of primary amides is 1. The molecule has 0 aromatic carbocycles. The molecule has 0 aliphatic carbocycles. The van der Waals surface area contributed by atoms with Gasteiger partial charge >= 0.3 is 5.97 Å². The first-order chi connectivity index (χ1) is 13.9. The summed E-state index contributed by atoms with van der Waals surface area (Å²) in [5.41, 5.74) is 15.9. The standard InChI is InChI=1S/C17H32N6O7/c1-8(19)14(26)21-10(5-3-4-6-18)15(27)23-13(9(2)24)16(28)22-11(17(29)30)7-12(20)25/h8-11,13,24H,3-7,18-19H2,1-2H3,(H2,20,25)(H,21,26)(H,22,28)(H,23,27)(H,29,30). The summed E-state index contributed by atoms with van der Waals surface area (Å²) in [6.07, 6.45) is -0.793. The van der Waals surface area contributed by atoms with Crippen LogP contribution in [0.3, 0.4) is 0 Å². The third kappa shape index (κ3) is 10.1. The molecule has 0 rings (SSSR count). The Kier molecular flexibility index (Phi) is 12.2. The van der Waals surface area contributed by atoms with Gasteiger partial charge in [-0.25, -0.2) is 4.79 Å². The highest BCUT2D eigenvalue weighted by atomic mass is 16.4. The number of hydrogen-bond donors (Lipinski definition) is 8. The minimum atomic E-state index is -1.63. The van der Waals surface area contributed by atoms with E-state index in [0.29, 0.717) is 19.4 Å². The van der Waals surface area contributed by atoms with Crippen LogP contribution in [0.4, 0.5) is 0 Å². The lowest BCUT2D eigenvalue weighted by Crippen LogP contribution is -2.59. The van der Waals surface area contributed by atoms with E-state index in [1.807, 2.05) is 5.32 Å². The first-order valence-corrected chi connectivity index (χ1v) is 9.46. The average molecular weight is 432 g/mol. The van der Waals surface area contributed by atoms with Gasteiger partial charge < -0.3 is 43.4 Å². The average Bonchev–Trinajstić information content (AvgIpc) is 2.63. The van der Waals surface area contributed by atoms with E-state index in [0.717, 1.165) is 0 Å². The molecule has 5 atom stereocenters. The number of unbranched alkanes of at least 4 members (excludes halogenated alkanes) is 1. The maximum Gasteiger partial charge on any atom is 0.326 e. The van der Waals surface area contributed by atoms with E-state index in [9.17, 15) is 29.1 Å². The maximum absolute atomic E-state index is 12.6. The lowest BCUT2D eigenvalue weighted by atomic mass is 10.1. The van der Waals surface area contributed by atoms with E-state index in [1.165, 1.54) is 13.8 Å². The lowest BCUT2D eigenvalue weighted by Gasteiger charge is -2.26. The molecule has 0 aromatic heterocycles. The van der Waals surface area contributed by atoms with Crippen molar-refractivity contribution in [2.75, 3.05) is 6.54 Å². The van der Waals surface area contributed by atoms with Crippen molar-refractivity contribution in [1.29, 1.82) is 0 Å². The van der Waals surface area contributed by atoms with Gasteiger partial charge in [0.05, 0.1) is 18.6 Å². The maximum atomic E-state index is 12.6. The Morgan fingerprint density at radius 1 is 0.900 bits per heavy atom. The fourth-order valence-corrected chi connectivity index (χ4v) is 2.39. The number of hydrogen-bond acceptors (Lipinski definition) is 8. The van der Waals surface area contributed by atoms with Crippen LogP contribution in [0.5, 0.6) is 0 Å². The zero-order valence-electron chi connectivity index (χ0n) is 17.1. The monoisotopic (exact) mass is 432 g/mol. The number of carboxylic acid groups (broad SMARTS) is 1. The third-order valence-electron chi connectivity index (χ3n) is 4.08. The number of aliphatic carboxylic acids is 1. The summed E-state index contributed by atoms with van der Waals surface area (Å²) in [5, 5.41) is 25.8. The fourth-order valence-electron chi connectivity index (χ4n) is 2.39. The van der Waals surface area contributed by atoms with Crippen molar-refractivity contribution >= 4 is 29.6 Å². The Morgan fingerprint density at radius 2 is 1.47 bits per heavy atom. The van der Waals surface area contributed by atoms with Crippen molar-refractivity contribution in [3.8, 4) is 0 Å². The molecule has 0 aliphatic heterocycles. The smallest absolute Gasteiger partial charge is 0.326 e. The summed E-state index contributed by atoms with van der Waals surface area (Å²) >= 11 is 0. The highest BCUT2D eigenvalue weighted by Gasteiger charge is 2.32. The first kappa shape index (κ1) is 27.2. The number of rotatable bonds is 14. The summed E-state index contributed by atoms with van der Waals surface area (Å²) in [4.78, 5) is 59.1. The van der Waals surface area contributed by atoms with Gasteiger partial charge in [0.15, 0.2) is 0 Å². The zero-order chi connectivity index (χ0) is 23.4. The molecule has 172 valence electrons. The van der Waals surface area contributed by atoms with Gasteiger partial charge in [0.1, 0.15) is 18.1 Å². The summed E-state index contributed by atoms with van der Waals surface area (Å²) < 4.78 is 0. The van der Waals surface area contributed by atoms with Gasteiger partial charge in [-0.05, 0) is 39.7 Å². The van der Waals surface area contributed by atoms with Crippen LogP contribution in [-0.2, 0) is 24.0 Å². The highest BCUT2D eigenvalue weighted by molar-refractivity contribution is 5.95. The fraction of sp³-hybridized carbons (Fsp3) is 0.706. The van der Waals surface area contributed by atoms with Crippen LogP contribution >= 0.6 is 0 Å². The highest BCUT2D eigenvalue weighted by Crippen LogP contribution is 2.04. The first-order valence-electron chi connectivity index (χ1n) is 9.46. The van der Waals surface area contributed by atoms with Gasteiger partial charge in [0.25, 0.3) is 0 Å². The summed E-state index contributed by atoms with van der Waals surface area (Å²) in [6.45, 7) is 3.02. The Balaban J connectivity index is 5.33. The Hall–Kier alpha value is -2.77. The second-order valence-corrected chi connectivity index (χ2v) is 6.93. The van der Waals surface area contributed by atoms with Gasteiger partial charge in [-0.1, -0.05) is 0 Å². The zero-order valence-corrected chi connectivity index (χ0v) is 17.1. The lowest BCUT2D eigenvalue weighted by molar-refractivity contribution is -0.144. The second-order valence-electron chi connectivity index (χ2n) is 6.93. The molecule has 0 heterocycles. The van der Waals surface area contributed by atoms with Crippen LogP contribution in [0.2, 0.25) is 0 Å². The minimum Gasteiger partial charge on any atom is -0.480 e. The van der Waals surface area contributed by atoms with Crippen molar-refractivity contribution < 1.29 is 34.2 Å². The molecule has 4 amide bonds. The van der Waals surface area contributed by atoms with Crippen LogP contribution in [0, 0.1) is 0 Å². The molecule has 0 aliphatic rings. The van der Waals surface area contributed by atoms with Crippen LogP contribution < -0.4 is 33.2 Å². The Bertz CT molecular complexity index is 626. The van der Waals surface area contributed by atoms with Crippen LogP contribution in [0.25, 0.3) is 0 Å². The van der Waals surface area contributed by atoms with Gasteiger partial charge in [0.2, 0.25) is 23.6 Å². The van der Waals surface area contributed by atoms with Crippen molar-refractivity contribution in [2.24, 2.45) is 17.2 Å². The molecular weight excluding hydrogens is 400 g/mol. The van der Waals surface area contributed by atoms with E-state index in [2.05, 4.69) is 10.6 Å². The van der Waals surface area contributed by atoms with E-state index >= 15 is 0 Å². The van der Waals surface area contributed by atoms with Gasteiger partial charge in [-0.15, -0.1) is 0 Å². The molecule has 13 heteroatoms. The molecule has 11 N–H and O–H groups in total. The van der Waals surface area contributed by atoms with E-state index < -0.39 is 66.3 Å². The topological polar surface area (TPSA) is 240 Å². The number of aliphatic hydroxyl groups excluding tert-OH is 1. The van der Waals surface area contributed by atoms with E-state index in [-0.39, 0.29) is 6.42 Å². The van der Waals surface area contributed by atoms with Crippen molar-refractivity contribution in [1.82, 2.24) is 16.0 Å². The Labute approximate surface area is 174 Å². The molecule has 0 bridgehead atoms. The molecule has 0 aromatic rings. The van der Waals surface area contributed by atoms with Gasteiger partial charge in [-0.3, -0.25) is 19.2 Å². The van der Waals surface area contributed by atoms with E-state index in [4.69, 9.17) is 22.3 Å². The molecule has 0 spiro atoms. The number of amides is 4.